The molecule has 100 valence electrons. The molecule has 0 radical (unpaired) electrons. The summed E-state index contributed by atoms with van der Waals surface area (Å²) in [6.45, 7) is 5.34. The molecule has 0 unspecified atom stereocenters. The molecule has 1 heterocycles. The molecule has 0 saturated carbocycles. The zero-order valence-corrected chi connectivity index (χ0v) is 11.8. The summed E-state index contributed by atoms with van der Waals surface area (Å²) in [5.74, 6) is 1.15. The molecule has 1 N–H and O–H groups in total. The fourth-order valence-corrected chi connectivity index (χ4v) is 2.96. The lowest BCUT2D eigenvalue weighted by Gasteiger charge is -2.32. The van der Waals surface area contributed by atoms with Gasteiger partial charge in [0.05, 0.1) is 5.02 Å². The molecule has 1 aliphatic heterocycles. The van der Waals surface area contributed by atoms with E-state index in [1.54, 1.807) is 6.07 Å². The van der Waals surface area contributed by atoms with E-state index in [0.29, 0.717) is 5.02 Å². The van der Waals surface area contributed by atoms with E-state index in [0.717, 1.165) is 31.1 Å². The van der Waals surface area contributed by atoms with Gasteiger partial charge in [0.25, 0.3) is 0 Å². The molecule has 1 aliphatic rings. The van der Waals surface area contributed by atoms with Gasteiger partial charge in [-0.15, -0.1) is 0 Å². The Labute approximate surface area is 115 Å². The quantitative estimate of drug-likeness (QED) is 0.889. The molecule has 1 saturated heterocycles. The smallest absolute Gasteiger partial charge is 0.138 e. The minimum atomic E-state index is 0.245. The van der Waals surface area contributed by atoms with E-state index in [-0.39, 0.29) is 5.75 Å². The fourth-order valence-electron chi connectivity index (χ4n) is 2.77. The first-order chi connectivity index (χ1) is 8.70. The van der Waals surface area contributed by atoms with Crippen LogP contribution in [0.4, 0.5) is 0 Å². The van der Waals surface area contributed by atoms with Crippen LogP contribution in [0.25, 0.3) is 0 Å². The van der Waals surface area contributed by atoms with E-state index < -0.39 is 0 Å². The average molecular weight is 268 g/mol. The van der Waals surface area contributed by atoms with Gasteiger partial charge in [-0.2, -0.15) is 0 Å². The number of phenolic OH excluding ortho intramolecular Hbond substituents is 1. The van der Waals surface area contributed by atoms with Crippen LogP contribution < -0.4 is 0 Å². The molecule has 1 aromatic carbocycles. The molecule has 0 spiro atoms. The van der Waals surface area contributed by atoms with Crippen molar-refractivity contribution in [3.8, 4) is 5.75 Å². The highest BCUT2D eigenvalue weighted by molar-refractivity contribution is 6.32. The van der Waals surface area contributed by atoms with E-state index in [1.165, 1.54) is 25.7 Å². The maximum atomic E-state index is 9.91. The number of piperidine rings is 1. The van der Waals surface area contributed by atoms with Crippen LogP contribution >= 0.6 is 11.6 Å². The number of para-hydroxylation sites is 1. The number of benzene rings is 1. The van der Waals surface area contributed by atoms with Gasteiger partial charge in [-0.05, 0) is 37.9 Å². The van der Waals surface area contributed by atoms with Gasteiger partial charge in [0.15, 0.2) is 0 Å². The number of hydrogen-bond donors (Lipinski definition) is 1. The normalized spacial score (nSPS) is 18.1. The lowest BCUT2D eigenvalue weighted by molar-refractivity contribution is 0.170. The maximum absolute atomic E-state index is 9.91. The van der Waals surface area contributed by atoms with Crippen LogP contribution in [0.3, 0.4) is 0 Å². The van der Waals surface area contributed by atoms with Crippen LogP contribution in [0, 0.1) is 5.92 Å². The van der Waals surface area contributed by atoms with Gasteiger partial charge < -0.3 is 5.11 Å². The van der Waals surface area contributed by atoms with Gasteiger partial charge in [-0.1, -0.05) is 43.5 Å². The van der Waals surface area contributed by atoms with Gasteiger partial charge in [0.1, 0.15) is 5.75 Å². The largest absolute Gasteiger partial charge is 0.506 e. The van der Waals surface area contributed by atoms with E-state index in [2.05, 4.69) is 11.8 Å². The summed E-state index contributed by atoms with van der Waals surface area (Å²) in [5, 5.41) is 10.4. The molecular weight excluding hydrogens is 246 g/mol. The molecule has 0 aromatic heterocycles. The Balaban J connectivity index is 1.90. The summed E-state index contributed by atoms with van der Waals surface area (Å²) in [6.07, 6.45) is 5.22. The van der Waals surface area contributed by atoms with Crippen LogP contribution in [0.1, 0.15) is 38.2 Å². The second kappa shape index (κ2) is 6.44. The molecule has 18 heavy (non-hydrogen) atoms. The van der Waals surface area contributed by atoms with Crippen LogP contribution in [-0.2, 0) is 6.54 Å². The van der Waals surface area contributed by atoms with Crippen molar-refractivity contribution in [3.63, 3.8) is 0 Å². The predicted molar refractivity (Wildman–Crippen MR) is 76.0 cm³/mol. The zero-order valence-electron chi connectivity index (χ0n) is 11.0. The summed E-state index contributed by atoms with van der Waals surface area (Å²) in [4.78, 5) is 2.41. The molecule has 2 nitrogen and oxygen atoms in total. The van der Waals surface area contributed by atoms with Gasteiger partial charge >= 0.3 is 0 Å². The standard InChI is InChI=1S/C15H22ClNO/c1-2-4-12-7-9-17(10-8-12)11-13-5-3-6-14(16)15(13)18/h3,5-6,12,18H,2,4,7-11H2,1H3. The Morgan fingerprint density at radius 2 is 2.06 bits per heavy atom. The Hall–Kier alpha value is -0.730. The number of aromatic hydroxyl groups is 1. The lowest BCUT2D eigenvalue weighted by atomic mass is 9.92. The molecule has 0 bridgehead atoms. The van der Waals surface area contributed by atoms with Crippen molar-refractivity contribution in [2.24, 2.45) is 5.92 Å². The van der Waals surface area contributed by atoms with Gasteiger partial charge in [-0.3, -0.25) is 4.90 Å². The van der Waals surface area contributed by atoms with Crippen molar-refractivity contribution in [3.05, 3.63) is 28.8 Å². The van der Waals surface area contributed by atoms with Crippen molar-refractivity contribution in [2.45, 2.75) is 39.2 Å². The Bertz CT molecular complexity index is 386. The van der Waals surface area contributed by atoms with Crippen molar-refractivity contribution in [1.82, 2.24) is 4.90 Å². The Morgan fingerprint density at radius 1 is 1.33 bits per heavy atom. The van der Waals surface area contributed by atoms with Crippen molar-refractivity contribution < 1.29 is 5.11 Å². The molecule has 0 atom stereocenters. The first-order valence-electron chi connectivity index (χ1n) is 6.89. The highest BCUT2D eigenvalue weighted by Gasteiger charge is 2.19. The number of rotatable bonds is 4. The molecular formula is C15H22ClNO. The average Bonchev–Trinajstić information content (AvgIpc) is 2.38. The highest BCUT2D eigenvalue weighted by atomic mass is 35.5. The monoisotopic (exact) mass is 267 g/mol. The van der Waals surface area contributed by atoms with Gasteiger partial charge in [0, 0.05) is 12.1 Å². The van der Waals surface area contributed by atoms with Crippen molar-refractivity contribution in [1.29, 1.82) is 0 Å². The lowest BCUT2D eigenvalue weighted by Crippen LogP contribution is -2.33. The molecule has 2 rings (SSSR count). The summed E-state index contributed by atoms with van der Waals surface area (Å²) in [5.41, 5.74) is 0.941. The van der Waals surface area contributed by atoms with E-state index in [9.17, 15) is 5.11 Å². The predicted octanol–water partition coefficient (Wildman–Crippen LogP) is 4.06. The molecule has 1 fully saturated rings. The highest BCUT2D eigenvalue weighted by Crippen LogP contribution is 2.29. The summed E-state index contributed by atoms with van der Waals surface area (Å²) >= 11 is 5.93. The van der Waals surface area contributed by atoms with Gasteiger partial charge in [-0.25, -0.2) is 0 Å². The van der Waals surface area contributed by atoms with Crippen molar-refractivity contribution >= 4 is 11.6 Å². The number of halogens is 1. The molecule has 3 heteroatoms. The first kappa shape index (κ1) is 13.7. The second-order valence-corrected chi connectivity index (χ2v) is 5.66. The van der Waals surface area contributed by atoms with Crippen molar-refractivity contribution in [2.75, 3.05) is 13.1 Å². The third-order valence-electron chi connectivity index (χ3n) is 3.87. The topological polar surface area (TPSA) is 23.5 Å². The minimum Gasteiger partial charge on any atom is -0.506 e. The third kappa shape index (κ3) is 3.39. The van der Waals surface area contributed by atoms with Crippen LogP contribution in [0.5, 0.6) is 5.75 Å². The third-order valence-corrected chi connectivity index (χ3v) is 4.17. The first-order valence-corrected chi connectivity index (χ1v) is 7.27. The molecule has 1 aromatic rings. The minimum absolute atomic E-state index is 0.245. The Kier molecular flexibility index (Phi) is 4.90. The summed E-state index contributed by atoms with van der Waals surface area (Å²) in [7, 11) is 0. The van der Waals surface area contributed by atoms with Crippen LogP contribution in [0.2, 0.25) is 5.02 Å². The van der Waals surface area contributed by atoms with E-state index in [4.69, 9.17) is 11.6 Å². The fraction of sp³-hybridized carbons (Fsp3) is 0.600. The molecule has 0 aliphatic carbocycles. The van der Waals surface area contributed by atoms with E-state index in [1.807, 2.05) is 12.1 Å². The number of likely N-dealkylation sites (tertiary alicyclic amines) is 1. The number of nitrogens with zero attached hydrogens (tertiary/aromatic N) is 1. The van der Waals surface area contributed by atoms with E-state index >= 15 is 0 Å². The van der Waals surface area contributed by atoms with Crippen LogP contribution in [-0.4, -0.2) is 23.1 Å². The number of phenols is 1. The maximum Gasteiger partial charge on any atom is 0.138 e. The zero-order chi connectivity index (χ0) is 13.0. The summed E-state index contributed by atoms with van der Waals surface area (Å²) in [6, 6.07) is 5.59. The number of hydrogen-bond acceptors (Lipinski definition) is 2. The van der Waals surface area contributed by atoms with Crippen LogP contribution in [0.15, 0.2) is 18.2 Å². The SMILES string of the molecule is CCCC1CCN(Cc2cccc(Cl)c2O)CC1. The second-order valence-electron chi connectivity index (χ2n) is 5.26. The molecule has 0 amide bonds. The van der Waals surface area contributed by atoms with Gasteiger partial charge in [0.2, 0.25) is 0 Å². The Morgan fingerprint density at radius 3 is 2.72 bits per heavy atom. The summed E-state index contributed by atoms with van der Waals surface area (Å²) < 4.78 is 0.